The predicted octanol–water partition coefficient (Wildman–Crippen LogP) is 4.50. The molecule has 23 heavy (non-hydrogen) atoms. The molecule has 0 spiro atoms. The average molecular weight is 307 g/mol. The van der Waals surface area contributed by atoms with Gasteiger partial charge in [0, 0.05) is 12.6 Å². The highest BCUT2D eigenvalue weighted by molar-refractivity contribution is 5.28. The van der Waals surface area contributed by atoms with Crippen LogP contribution in [0.4, 0.5) is 0 Å². The zero-order valence-corrected chi connectivity index (χ0v) is 13.6. The SMILES string of the molecule is C=CCc1ccc([C@@H]2CCCN2CCc2ccc(O)cc2)cc1. The fraction of sp³-hybridized carbons (Fsp3) is 0.333. The molecular formula is C21H25NO. The minimum atomic E-state index is 0.340. The monoisotopic (exact) mass is 307 g/mol. The second kappa shape index (κ2) is 7.47. The van der Waals surface area contributed by atoms with Gasteiger partial charge in [-0.2, -0.15) is 0 Å². The van der Waals surface area contributed by atoms with E-state index in [4.69, 9.17) is 0 Å². The molecule has 1 N–H and O–H groups in total. The smallest absolute Gasteiger partial charge is 0.115 e. The molecule has 120 valence electrons. The molecule has 1 fully saturated rings. The molecule has 0 aliphatic carbocycles. The molecule has 0 aromatic heterocycles. The number of benzene rings is 2. The molecule has 0 saturated carbocycles. The number of phenolic OH excluding ortho intramolecular Hbond substituents is 1. The minimum Gasteiger partial charge on any atom is -0.508 e. The van der Waals surface area contributed by atoms with E-state index in [1.165, 1.54) is 36.1 Å². The summed E-state index contributed by atoms with van der Waals surface area (Å²) in [5.41, 5.74) is 4.05. The molecular weight excluding hydrogens is 282 g/mol. The first kappa shape index (κ1) is 15.8. The number of phenols is 1. The van der Waals surface area contributed by atoms with Crippen molar-refractivity contribution in [3.05, 3.63) is 77.9 Å². The van der Waals surface area contributed by atoms with E-state index in [-0.39, 0.29) is 0 Å². The van der Waals surface area contributed by atoms with Crippen LogP contribution in [-0.4, -0.2) is 23.1 Å². The lowest BCUT2D eigenvalue weighted by atomic mass is 10.0. The van der Waals surface area contributed by atoms with E-state index in [9.17, 15) is 5.11 Å². The summed E-state index contributed by atoms with van der Waals surface area (Å²) < 4.78 is 0. The molecule has 2 heteroatoms. The van der Waals surface area contributed by atoms with Crippen LogP contribution < -0.4 is 0 Å². The Kier molecular flexibility index (Phi) is 5.14. The van der Waals surface area contributed by atoms with Gasteiger partial charge < -0.3 is 5.11 Å². The lowest BCUT2D eigenvalue weighted by Gasteiger charge is -2.25. The van der Waals surface area contributed by atoms with Crippen LogP contribution >= 0.6 is 0 Å². The molecule has 0 radical (unpaired) electrons. The van der Waals surface area contributed by atoms with Crippen LogP contribution in [-0.2, 0) is 12.8 Å². The van der Waals surface area contributed by atoms with E-state index in [2.05, 4.69) is 35.7 Å². The first-order valence-electron chi connectivity index (χ1n) is 8.48. The molecule has 2 nitrogen and oxygen atoms in total. The average Bonchev–Trinajstić information content (AvgIpc) is 3.04. The van der Waals surface area contributed by atoms with Gasteiger partial charge in [0.25, 0.3) is 0 Å². The molecule has 1 atom stereocenters. The van der Waals surface area contributed by atoms with Crippen LogP contribution in [0.5, 0.6) is 5.75 Å². The van der Waals surface area contributed by atoms with Crippen LogP contribution in [0.25, 0.3) is 0 Å². The van der Waals surface area contributed by atoms with Crippen LogP contribution in [0.1, 0.15) is 35.6 Å². The van der Waals surface area contributed by atoms with Gasteiger partial charge in [0.2, 0.25) is 0 Å². The number of likely N-dealkylation sites (tertiary alicyclic amines) is 1. The van der Waals surface area contributed by atoms with Crippen molar-refractivity contribution in [3.8, 4) is 5.75 Å². The Labute approximate surface area is 139 Å². The largest absolute Gasteiger partial charge is 0.508 e. The van der Waals surface area contributed by atoms with Crippen molar-refractivity contribution in [2.45, 2.75) is 31.7 Å². The van der Waals surface area contributed by atoms with Crippen LogP contribution in [0, 0.1) is 0 Å². The first-order chi connectivity index (χ1) is 11.3. The Hall–Kier alpha value is -2.06. The number of hydrogen-bond donors (Lipinski definition) is 1. The minimum absolute atomic E-state index is 0.340. The van der Waals surface area contributed by atoms with E-state index in [1.807, 2.05) is 18.2 Å². The van der Waals surface area contributed by atoms with E-state index in [0.29, 0.717) is 11.8 Å². The third-order valence-corrected chi connectivity index (χ3v) is 4.73. The summed E-state index contributed by atoms with van der Waals surface area (Å²) in [7, 11) is 0. The number of rotatable bonds is 6. The van der Waals surface area contributed by atoms with Crippen molar-refractivity contribution < 1.29 is 5.11 Å². The van der Waals surface area contributed by atoms with Gasteiger partial charge in [0.1, 0.15) is 5.75 Å². The molecule has 1 saturated heterocycles. The van der Waals surface area contributed by atoms with Gasteiger partial charge in [-0.25, -0.2) is 0 Å². The topological polar surface area (TPSA) is 23.5 Å². The van der Waals surface area contributed by atoms with Gasteiger partial charge in [0.05, 0.1) is 0 Å². The number of allylic oxidation sites excluding steroid dienone is 1. The van der Waals surface area contributed by atoms with Gasteiger partial charge in [-0.3, -0.25) is 4.90 Å². The molecule has 3 rings (SSSR count). The highest BCUT2D eigenvalue weighted by Gasteiger charge is 2.25. The van der Waals surface area contributed by atoms with E-state index in [1.54, 1.807) is 12.1 Å². The highest BCUT2D eigenvalue weighted by Crippen LogP contribution is 2.32. The van der Waals surface area contributed by atoms with Gasteiger partial charge in [-0.05, 0) is 61.1 Å². The molecule has 1 aliphatic heterocycles. The van der Waals surface area contributed by atoms with Crippen LogP contribution in [0.15, 0.2) is 61.2 Å². The first-order valence-corrected chi connectivity index (χ1v) is 8.48. The van der Waals surface area contributed by atoms with Crippen molar-refractivity contribution in [3.63, 3.8) is 0 Å². The van der Waals surface area contributed by atoms with Crippen molar-refractivity contribution in [2.24, 2.45) is 0 Å². The Balaban J connectivity index is 1.62. The third-order valence-electron chi connectivity index (χ3n) is 4.73. The maximum absolute atomic E-state index is 9.37. The highest BCUT2D eigenvalue weighted by atomic mass is 16.3. The van der Waals surface area contributed by atoms with Gasteiger partial charge in [-0.1, -0.05) is 42.5 Å². The molecule has 0 bridgehead atoms. The van der Waals surface area contributed by atoms with Gasteiger partial charge in [0.15, 0.2) is 0 Å². The Morgan fingerprint density at radius 3 is 2.43 bits per heavy atom. The van der Waals surface area contributed by atoms with Crippen molar-refractivity contribution >= 4 is 0 Å². The molecule has 1 heterocycles. The normalized spacial score (nSPS) is 18.2. The standard InChI is InChI=1S/C21H25NO/c1-2-4-17-6-10-19(11-7-17)21-5-3-15-22(21)16-14-18-8-12-20(23)13-9-18/h2,6-13,21,23H,1,3-5,14-16H2/t21-/m0/s1. The summed E-state index contributed by atoms with van der Waals surface area (Å²) >= 11 is 0. The molecule has 2 aromatic carbocycles. The fourth-order valence-corrected chi connectivity index (χ4v) is 3.45. The summed E-state index contributed by atoms with van der Waals surface area (Å²) in [6, 6.07) is 17.1. The Morgan fingerprint density at radius 2 is 1.74 bits per heavy atom. The number of nitrogens with zero attached hydrogens (tertiary/aromatic N) is 1. The number of hydrogen-bond acceptors (Lipinski definition) is 2. The summed E-state index contributed by atoms with van der Waals surface area (Å²) in [6.07, 6.45) is 6.44. The molecule has 0 unspecified atom stereocenters. The summed E-state index contributed by atoms with van der Waals surface area (Å²) in [5.74, 6) is 0.340. The van der Waals surface area contributed by atoms with E-state index in [0.717, 1.165) is 19.4 Å². The molecule has 2 aromatic rings. The Morgan fingerprint density at radius 1 is 1.04 bits per heavy atom. The van der Waals surface area contributed by atoms with E-state index >= 15 is 0 Å². The van der Waals surface area contributed by atoms with Gasteiger partial charge >= 0.3 is 0 Å². The lowest BCUT2D eigenvalue weighted by molar-refractivity contribution is 0.260. The maximum atomic E-state index is 9.37. The second-order valence-electron chi connectivity index (χ2n) is 6.34. The Bertz CT molecular complexity index is 630. The lowest BCUT2D eigenvalue weighted by Crippen LogP contribution is -2.25. The summed E-state index contributed by atoms with van der Waals surface area (Å²) in [6.45, 7) is 6.05. The second-order valence-corrected chi connectivity index (χ2v) is 6.34. The number of aromatic hydroxyl groups is 1. The third kappa shape index (κ3) is 4.02. The molecule has 0 amide bonds. The fourth-order valence-electron chi connectivity index (χ4n) is 3.45. The zero-order valence-electron chi connectivity index (χ0n) is 13.6. The van der Waals surface area contributed by atoms with Gasteiger partial charge in [-0.15, -0.1) is 6.58 Å². The predicted molar refractivity (Wildman–Crippen MR) is 95.7 cm³/mol. The van der Waals surface area contributed by atoms with Crippen LogP contribution in [0.3, 0.4) is 0 Å². The quantitative estimate of drug-likeness (QED) is 0.794. The van der Waals surface area contributed by atoms with Crippen molar-refractivity contribution in [1.82, 2.24) is 4.90 Å². The van der Waals surface area contributed by atoms with E-state index < -0.39 is 0 Å². The maximum Gasteiger partial charge on any atom is 0.115 e. The summed E-state index contributed by atoms with van der Waals surface area (Å²) in [4.78, 5) is 2.59. The van der Waals surface area contributed by atoms with Crippen molar-refractivity contribution in [1.29, 1.82) is 0 Å². The molecule has 1 aliphatic rings. The van der Waals surface area contributed by atoms with Crippen molar-refractivity contribution in [2.75, 3.05) is 13.1 Å². The summed E-state index contributed by atoms with van der Waals surface area (Å²) in [5, 5.41) is 9.37. The van der Waals surface area contributed by atoms with Crippen LogP contribution in [0.2, 0.25) is 0 Å². The zero-order chi connectivity index (χ0) is 16.1.